The van der Waals surface area contributed by atoms with Crippen LogP contribution in [0.1, 0.15) is 18.9 Å². The summed E-state index contributed by atoms with van der Waals surface area (Å²) in [5, 5.41) is 24.2. The number of aromatic nitrogens is 1. The summed E-state index contributed by atoms with van der Waals surface area (Å²) in [5.41, 5.74) is 1.26. The van der Waals surface area contributed by atoms with Gasteiger partial charge in [0.05, 0.1) is 26.7 Å². The van der Waals surface area contributed by atoms with E-state index in [1.165, 1.54) is 47.3 Å². The number of halogens is 4. The van der Waals surface area contributed by atoms with Crippen LogP contribution in [0.3, 0.4) is 0 Å². The van der Waals surface area contributed by atoms with Crippen LogP contribution in [0.25, 0.3) is 0 Å². The van der Waals surface area contributed by atoms with Gasteiger partial charge in [-0.3, -0.25) is 28.4 Å². The number of aliphatic carboxylic acids is 1. The number of carbonyl (C=O) groups excluding carboxylic acids is 5. The van der Waals surface area contributed by atoms with Gasteiger partial charge in [0.1, 0.15) is 5.37 Å². The maximum absolute atomic E-state index is 13.6. The summed E-state index contributed by atoms with van der Waals surface area (Å²) < 4.78 is 16.4. The first-order chi connectivity index (χ1) is 24.7. The molecule has 0 unspecified atom stereocenters. The molecule has 52 heavy (non-hydrogen) atoms. The highest BCUT2D eigenvalue weighted by atomic mass is 35.5. The Morgan fingerprint density at radius 1 is 1.12 bits per heavy atom. The fourth-order valence-electron chi connectivity index (χ4n) is 5.84. The van der Waals surface area contributed by atoms with Crippen molar-refractivity contribution in [1.29, 1.82) is 0 Å². The minimum absolute atomic E-state index is 0.0650. The van der Waals surface area contributed by atoms with Gasteiger partial charge >= 0.3 is 0 Å². The second-order valence-corrected chi connectivity index (χ2v) is 15.2. The fourth-order valence-corrected chi connectivity index (χ4v) is 8.95. The first-order valence-corrected chi connectivity index (χ1v) is 18.4. The molecule has 0 radical (unpaired) electrons. The third kappa shape index (κ3) is 7.74. The number of hydrogen-bond donors (Lipinski definition) is 2. The molecule has 1 aromatic heterocycles. The van der Waals surface area contributed by atoms with E-state index in [-0.39, 0.29) is 56.8 Å². The van der Waals surface area contributed by atoms with Crippen LogP contribution in [0.2, 0.25) is 15.1 Å². The van der Waals surface area contributed by atoms with Crippen molar-refractivity contribution >= 4 is 93.8 Å². The quantitative estimate of drug-likeness (QED) is 0.0776. The Hall–Kier alpha value is -4.28. The number of likely N-dealkylation sites (tertiary alicyclic amines) is 1. The number of thioether (sulfide) groups is 1. The molecule has 0 bridgehead atoms. The summed E-state index contributed by atoms with van der Waals surface area (Å²) in [6, 6.07) is 8.92. The van der Waals surface area contributed by atoms with Crippen LogP contribution in [-0.2, 0) is 37.1 Å². The lowest BCUT2D eigenvalue weighted by Crippen LogP contribution is -2.70. The van der Waals surface area contributed by atoms with Gasteiger partial charge in [-0.2, -0.15) is 4.57 Å². The molecule has 4 heterocycles. The first-order valence-electron chi connectivity index (χ1n) is 15.5. The summed E-state index contributed by atoms with van der Waals surface area (Å²) in [6.45, 7) is 1.85. The van der Waals surface area contributed by atoms with Crippen molar-refractivity contribution in [2.45, 2.75) is 42.7 Å². The average Bonchev–Trinajstić information content (AvgIpc) is 3.42. The first kappa shape index (κ1) is 37.5. The monoisotopic (exact) mass is 805 g/mol. The Labute approximate surface area is 319 Å². The lowest BCUT2D eigenvalue weighted by Gasteiger charge is -2.53. The van der Waals surface area contributed by atoms with Gasteiger partial charge in [-0.1, -0.05) is 34.8 Å². The molecule has 3 aliphatic rings. The highest BCUT2D eigenvalue weighted by Gasteiger charge is 2.56. The van der Waals surface area contributed by atoms with Crippen molar-refractivity contribution in [3.05, 3.63) is 104 Å². The molecule has 0 aliphatic carbocycles. The van der Waals surface area contributed by atoms with Gasteiger partial charge < -0.3 is 25.2 Å². The van der Waals surface area contributed by atoms with Crippen molar-refractivity contribution in [3.63, 3.8) is 0 Å². The zero-order chi connectivity index (χ0) is 37.4. The van der Waals surface area contributed by atoms with Gasteiger partial charge in [0.2, 0.25) is 18.4 Å². The van der Waals surface area contributed by atoms with Crippen LogP contribution in [-0.4, -0.2) is 72.5 Å². The highest BCUT2D eigenvalue weighted by Crippen LogP contribution is 2.46. The number of benzene rings is 2. The maximum atomic E-state index is 13.6. The number of aromatic hydroxyl groups is 1. The molecular formula is C34H27Cl3FN5O7S2. The number of nitrogens with one attached hydrogen (secondary N) is 1. The molecule has 3 aromatic rings. The Morgan fingerprint density at radius 3 is 2.50 bits per heavy atom. The van der Waals surface area contributed by atoms with E-state index in [0.29, 0.717) is 23.4 Å². The number of anilines is 1. The Kier molecular flexibility index (Phi) is 11.1. The van der Waals surface area contributed by atoms with E-state index < -0.39 is 46.7 Å². The van der Waals surface area contributed by atoms with E-state index in [2.05, 4.69) is 5.32 Å². The number of nitrogens with zero attached hydrogens (tertiary/aromatic N) is 4. The predicted octanol–water partition coefficient (Wildman–Crippen LogP) is 3.92. The van der Waals surface area contributed by atoms with E-state index in [0.717, 1.165) is 34.5 Å². The molecule has 2 N–H and O–H groups in total. The van der Waals surface area contributed by atoms with E-state index in [9.17, 15) is 38.6 Å². The standard InChI is InChI=1S/C34H27Cl3FN5O7S2/c1-17(44)43(52-27-13-23(36)22(35)12-24(27)37)30-32(48)42-29(34(49)50)20(16-51-33(30)42)10-19-6-9-41(31(19)47)14-18-4-7-40(8-5-18)15-28(46)39-21-2-3-26(45)25(38)11-21/h2-5,7-8,10-13,30,33H,6,9,14-16H2,1H3,(H2-,39,45,46,49,50)/b19-10+/t30-,33-/m1/s1. The van der Waals surface area contributed by atoms with Gasteiger partial charge in [-0.15, -0.1) is 11.8 Å². The molecule has 2 saturated heterocycles. The third-order valence-corrected chi connectivity index (χ3v) is 12.0. The van der Waals surface area contributed by atoms with Crippen molar-refractivity contribution in [2.75, 3.05) is 17.6 Å². The zero-order valence-corrected chi connectivity index (χ0v) is 30.9. The summed E-state index contributed by atoms with van der Waals surface area (Å²) in [4.78, 5) is 67.5. The lowest BCUT2D eigenvalue weighted by molar-refractivity contribution is -0.684. The van der Waals surface area contributed by atoms with Crippen molar-refractivity contribution in [1.82, 2.24) is 14.1 Å². The maximum Gasteiger partial charge on any atom is 0.290 e. The minimum atomic E-state index is -1.58. The average molecular weight is 807 g/mol. The smallest absolute Gasteiger partial charge is 0.290 e. The molecule has 0 spiro atoms. The van der Waals surface area contributed by atoms with Gasteiger partial charge in [0.25, 0.3) is 11.8 Å². The molecular weight excluding hydrogens is 780 g/mol. The largest absolute Gasteiger partial charge is 0.543 e. The molecule has 270 valence electrons. The van der Waals surface area contributed by atoms with Crippen LogP contribution < -0.4 is 15.0 Å². The molecule has 18 heteroatoms. The minimum Gasteiger partial charge on any atom is -0.543 e. The number of pyridine rings is 1. The third-order valence-electron chi connectivity index (χ3n) is 8.35. The number of allylic oxidation sites excluding steroid dienone is 1. The summed E-state index contributed by atoms with van der Waals surface area (Å²) in [5.74, 6) is -4.61. The van der Waals surface area contributed by atoms with E-state index >= 15 is 0 Å². The van der Waals surface area contributed by atoms with E-state index in [4.69, 9.17) is 34.8 Å². The molecule has 2 aromatic carbocycles. The number of phenolic OH excluding ortho intramolecular Hbond substituents is 1. The molecule has 2 atom stereocenters. The number of fused-ring (bicyclic) bond motifs is 1. The van der Waals surface area contributed by atoms with Crippen LogP contribution in [0.4, 0.5) is 10.1 Å². The van der Waals surface area contributed by atoms with Crippen LogP contribution in [0, 0.1) is 5.82 Å². The number of amides is 4. The number of β-lactam (4-membered cyclic amide) rings is 1. The summed E-state index contributed by atoms with van der Waals surface area (Å²) >= 11 is 20.6. The fraction of sp³-hybridized carbons (Fsp3) is 0.235. The van der Waals surface area contributed by atoms with Crippen LogP contribution >= 0.6 is 58.5 Å². The van der Waals surface area contributed by atoms with Gasteiger partial charge in [0.15, 0.2) is 30.0 Å². The molecule has 4 amide bonds. The van der Waals surface area contributed by atoms with Gasteiger partial charge in [-0.25, -0.2) is 4.39 Å². The SMILES string of the molecule is CC(=O)N(Sc1cc(Cl)c(Cl)cc1Cl)[C@@H]1C(=O)N2C(C(=O)[O-])=C(/C=C3\CCN(Cc4cc[n+](CC(=O)Nc5ccc(O)c(F)c5)cc4)C3=O)CS[C@H]12. The number of carboxylic acid groups (broad SMARTS) is 1. The van der Waals surface area contributed by atoms with E-state index in [1.807, 2.05) is 0 Å². The Morgan fingerprint density at radius 2 is 1.83 bits per heavy atom. The summed E-state index contributed by atoms with van der Waals surface area (Å²) in [6.07, 6.45) is 5.18. The molecule has 12 nitrogen and oxygen atoms in total. The van der Waals surface area contributed by atoms with Gasteiger partial charge in [-0.05, 0) is 59.8 Å². The van der Waals surface area contributed by atoms with Crippen molar-refractivity contribution < 1.29 is 43.1 Å². The number of carbonyl (C=O) groups is 5. The predicted molar refractivity (Wildman–Crippen MR) is 190 cm³/mol. The Bertz CT molecular complexity index is 2080. The number of carboxylic acids is 1. The lowest BCUT2D eigenvalue weighted by atomic mass is 10.0. The second kappa shape index (κ2) is 15.4. The normalized spacial score (nSPS) is 19.1. The second-order valence-electron chi connectivity index (χ2n) is 11.9. The Balaban J connectivity index is 1.11. The van der Waals surface area contributed by atoms with Gasteiger partial charge in [0, 0.05) is 60.1 Å². The van der Waals surface area contributed by atoms with Crippen LogP contribution in [0.15, 0.2) is 82.7 Å². The molecule has 6 rings (SSSR count). The zero-order valence-electron chi connectivity index (χ0n) is 27.0. The summed E-state index contributed by atoms with van der Waals surface area (Å²) in [7, 11) is 0. The number of hydrogen-bond acceptors (Lipinski definition) is 9. The van der Waals surface area contributed by atoms with Crippen molar-refractivity contribution in [2.24, 2.45) is 0 Å². The highest BCUT2D eigenvalue weighted by molar-refractivity contribution is 8.00. The number of phenols is 1. The topological polar surface area (TPSA) is 154 Å². The number of rotatable bonds is 10. The van der Waals surface area contributed by atoms with Crippen molar-refractivity contribution in [3.8, 4) is 5.75 Å². The van der Waals surface area contributed by atoms with E-state index in [1.54, 1.807) is 34.0 Å². The van der Waals surface area contributed by atoms with Crippen LogP contribution in [0.5, 0.6) is 5.75 Å². The molecule has 0 saturated carbocycles. The molecule has 3 aliphatic heterocycles. The molecule has 2 fully saturated rings.